The van der Waals surface area contributed by atoms with E-state index in [9.17, 15) is 0 Å². The molecule has 2 aromatic carbocycles. The molecule has 0 spiro atoms. The summed E-state index contributed by atoms with van der Waals surface area (Å²) in [5.41, 5.74) is 4.75. The van der Waals surface area contributed by atoms with E-state index in [0.29, 0.717) is 5.89 Å². The van der Waals surface area contributed by atoms with Gasteiger partial charge in [-0.15, -0.1) is 10.2 Å². The smallest absolute Gasteiger partial charge is 0.274 e. The Morgan fingerprint density at radius 1 is 1.00 bits per heavy atom. The molecule has 4 rings (SSSR count). The molecule has 3 aromatic rings. The maximum absolute atomic E-state index is 6.04. The fraction of sp³-hybridized carbons (Fsp3) is 0.417. The molecule has 2 heterocycles. The molecular formula is C24H32N4O2+2. The number of quaternary nitrogens is 2. The summed E-state index contributed by atoms with van der Waals surface area (Å²) < 4.78 is 11.6. The number of hydrogen-bond acceptors (Lipinski definition) is 4. The quantitative estimate of drug-likeness (QED) is 0.648. The van der Waals surface area contributed by atoms with E-state index in [1.54, 1.807) is 12.0 Å². The van der Waals surface area contributed by atoms with Crippen molar-refractivity contribution >= 4 is 0 Å². The van der Waals surface area contributed by atoms with Gasteiger partial charge < -0.3 is 19.0 Å². The SMILES string of the molecule is COc1ccc(C)cc1C[NH+]1CC[NH+]([C@@H](C)c2nnc(-c3cccc(C)c3)o2)CC1. The van der Waals surface area contributed by atoms with Gasteiger partial charge in [0.2, 0.25) is 5.89 Å². The third-order valence-corrected chi connectivity index (χ3v) is 6.16. The van der Waals surface area contributed by atoms with E-state index in [0.717, 1.165) is 49.9 Å². The molecule has 6 heteroatoms. The van der Waals surface area contributed by atoms with Crippen LogP contribution in [0.5, 0.6) is 5.75 Å². The Bertz CT molecular complexity index is 992. The van der Waals surface area contributed by atoms with Gasteiger partial charge in [-0.05, 0) is 45.0 Å². The van der Waals surface area contributed by atoms with E-state index in [1.807, 2.05) is 12.1 Å². The van der Waals surface area contributed by atoms with Crippen LogP contribution in [0.1, 0.15) is 35.5 Å². The lowest BCUT2D eigenvalue weighted by molar-refractivity contribution is -1.03. The minimum Gasteiger partial charge on any atom is -0.496 e. The van der Waals surface area contributed by atoms with Crippen molar-refractivity contribution in [3.63, 3.8) is 0 Å². The molecule has 0 amide bonds. The molecule has 1 aliphatic heterocycles. The fourth-order valence-corrected chi connectivity index (χ4v) is 4.33. The third kappa shape index (κ3) is 4.55. The molecule has 0 aliphatic carbocycles. The van der Waals surface area contributed by atoms with Crippen LogP contribution >= 0.6 is 0 Å². The van der Waals surface area contributed by atoms with E-state index < -0.39 is 0 Å². The topological polar surface area (TPSA) is 57.0 Å². The molecule has 30 heavy (non-hydrogen) atoms. The van der Waals surface area contributed by atoms with Crippen molar-refractivity contribution in [1.29, 1.82) is 0 Å². The first-order valence-electron chi connectivity index (χ1n) is 10.8. The summed E-state index contributed by atoms with van der Waals surface area (Å²) in [6.45, 7) is 11.8. The number of piperazine rings is 1. The van der Waals surface area contributed by atoms with Gasteiger partial charge in [0.15, 0.2) is 6.04 Å². The second-order valence-electron chi connectivity index (χ2n) is 8.44. The van der Waals surface area contributed by atoms with Gasteiger partial charge in [0.1, 0.15) is 38.5 Å². The van der Waals surface area contributed by atoms with Gasteiger partial charge in [-0.3, -0.25) is 0 Å². The minimum absolute atomic E-state index is 0.200. The lowest BCUT2D eigenvalue weighted by atomic mass is 10.1. The van der Waals surface area contributed by atoms with Gasteiger partial charge in [0.05, 0.1) is 7.11 Å². The zero-order chi connectivity index (χ0) is 21.1. The molecule has 0 bridgehead atoms. The molecule has 1 atom stereocenters. The van der Waals surface area contributed by atoms with Crippen LogP contribution in [0, 0.1) is 13.8 Å². The number of nitrogens with zero attached hydrogens (tertiary/aromatic N) is 2. The fourth-order valence-electron chi connectivity index (χ4n) is 4.33. The van der Waals surface area contributed by atoms with Crippen LogP contribution in [-0.4, -0.2) is 43.5 Å². The number of ether oxygens (including phenoxy) is 1. The molecule has 1 saturated heterocycles. The maximum atomic E-state index is 6.04. The number of nitrogens with one attached hydrogen (secondary N) is 2. The van der Waals surface area contributed by atoms with Crippen LogP contribution in [0.3, 0.4) is 0 Å². The predicted octanol–water partition coefficient (Wildman–Crippen LogP) is 1.41. The Kier molecular flexibility index (Phi) is 6.16. The molecule has 2 N–H and O–H groups in total. The van der Waals surface area contributed by atoms with E-state index >= 15 is 0 Å². The highest BCUT2D eigenvalue weighted by Crippen LogP contribution is 2.21. The number of hydrogen-bond donors (Lipinski definition) is 2. The lowest BCUT2D eigenvalue weighted by Crippen LogP contribution is -3.27. The van der Waals surface area contributed by atoms with Crippen molar-refractivity contribution in [1.82, 2.24) is 10.2 Å². The van der Waals surface area contributed by atoms with Crippen LogP contribution < -0.4 is 14.5 Å². The van der Waals surface area contributed by atoms with E-state index in [-0.39, 0.29) is 6.04 Å². The monoisotopic (exact) mass is 408 g/mol. The van der Waals surface area contributed by atoms with E-state index in [2.05, 4.69) is 61.3 Å². The van der Waals surface area contributed by atoms with Crippen LogP contribution in [0.15, 0.2) is 46.9 Å². The minimum atomic E-state index is 0.200. The molecule has 6 nitrogen and oxygen atoms in total. The van der Waals surface area contributed by atoms with Gasteiger partial charge >= 0.3 is 0 Å². The summed E-state index contributed by atoms with van der Waals surface area (Å²) in [6, 6.07) is 14.8. The molecule has 158 valence electrons. The van der Waals surface area contributed by atoms with Gasteiger partial charge in [0, 0.05) is 11.1 Å². The average Bonchev–Trinajstić information content (AvgIpc) is 3.24. The Balaban J connectivity index is 1.37. The van der Waals surface area contributed by atoms with E-state index in [1.165, 1.54) is 21.6 Å². The van der Waals surface area contributed by atoms with Crippen molar-refractivity contribution < 1.29 is 19.0 Å². The summed E-state index contributed by atoms with van der Waals surface area (Å²) in [4.78, 5) is 3.11. The van der Waals surface area contributed by atoms with Crippen molar-refractivity contribution in [2.45, 2.75) is 33.4 Å². The van der Waals surface area contributed by atoms with Crippen LogP contribution in [0.2, 0.25) is 0 Å². The van der Waals surface area contributed by atoms with Gasteiger partial charge in [-0.2, -0.15) is 0 Å². The molecule has 0 radical (unpaired) electrons. The third-order valence-electron chi connectivity index (χ3n) is 6.16. The normalized spacial score (nSPS) is 20.1. The summed E-state index contributed by atoms with van der Waals surface area (Å²) in [5.74, 6) is 2.33. The molecular weight excluding hydrogens is 376 g/mol. The summed E-state index contributed by atoms with van der Waals surface area (Å²) >= 11 is 0. The lowest BCUT2D eigenvalue weighted by Gasteiger charge is -2.32. The number of rotatable bonds is 6. The van der Waals surface area contributed by atoms with Gasteiger partial charge in [-0.25, -0.2) is 0 Å². The number of benzene rings is 2. The van der Waals surface area contributed by atoms with E-state index in [4.69, 9.17) is 9.15 Å². The maximum Gasteiger partial charge on any atom is 0.274 e. The first-order chi connectivity index (χ1) is 14.5. The highest BCUT2D eigenvalue weighted by atomic mass is 16.5. The standard InChI is InChI=1S/C24H30N4O2/c1-17-6-5-7-20(14-17)24-26-25-23(30-24)19(3)28-12-10-27(11-13-28)16-21-15-18(2)8-9-22(21)29-4/h5-9,14-15,19H,10-13,16H2,1-4H3/p+2/t19-/m0/s1. The van der Waals surface area contributed by atoms with Gasteiger partial charge in [-0.1, -0.05) is 29.3 Å². The molecule has 1 aliphatic rings. The average molecular weight is 409 g/mol. The summed E-state index contributed by atoms with van der Waals surface area (Å²) in [5, 5.41) is 8.65. The number of aryl methyl sites for hydroxylation is 2. The Hall–Kier alpha value is -2.70. The second kappa shape index (κ2) is 8.98. The Labute approximate surface area is 178 Å². The van der Waals surface area contributed by atoms with Crippen molar-refractivity contribution in [3.05, 3.63) is 65.0 Å². The largest absolute Gasteiger partial charge is 0.496 e. The first kappa shape index (κ1) is 20.6. The summed E-state index contributed by atoms with van der Waals surface area (Å²) in [6.07, 6.45) is 0. The van der Waals surface area contributed by atoms with Crippen molar-refractivity contribution in [2.24, 2.45) is 0 Å². The molecule has 1 aromatic heterocycles. The number of methoxy groups -OCH3 is 1. The first-order valence-corrected chi connectivity index (χ1v) is 10.8. The predicted molar refractivity (Wildman–Crippen MR) is 116 cm³/mol. The second-order valence-corrected chi connectivity index (χ2v) is 8.44. The zero-order valence-electron chi connectivity index (χ0n) is 18.4. The highest BCUT2D eigenvalue weighted by molar-refractivity contribution is 5.53. The zero-order valence-corrected chi connectivity index (χ0v) is 18.4. The molecule has 0 saturated carbocycles. The molecule has 0 unspecified atom stereocenters. The number of aromatic nitrogens is 2. The molecule has 1 fully saturated rings. The van der Waals surface area contributed by atoms with Gasteiger partial charge in [0.25, 0.3) is 5.89 Å². The van der Waals surface area contributed by atoms with Crippen molar-refractivity contribution in [2.75, 3.05) is 33.3 Å². The summed E-state index contributed by atoms with van der Waals surface area (Å²) in [7, 11) is 1.75. The van der Waals surface area contributed by atoms with Crippen LogP contribution in [-0.2, 0) is 6.54 Å². The van der Waals surface area contributed by atoms with Crippen LogP contribution in [0.4, 0.5) is 0 Å². The van der Waals surface area contributed by atoms with Crippen molar-refractivity contribution in [3.8, 4) is 17.2 Å². The highest BCUT2D eigenvalue weighted by Gasteiger charge is 2.31. The Morgan fingerprint density at radius 2 is 1.77 bits per heavy atom. The van der Waals surface area contributed by atoms with Crippen LogP contribution in [0.25, 0.3) is 11.5 Å². The Morgan fingerprint density at radius 3 is 2.50 bits per heavy atom.